The van der Waals surface area contributed by atoms with E-state index in [-0.39, 0.29) is 18.2 Å². The molecular weight excluding hydrogens is 204 g/mol. The third-order valence-electron chi connectivity index (χ3n) is 1.91. The molecule has 7 heteroatoms. The molecule has 1 atom stereocenters. The lowest BCUT2D eigenvalue weighted by Gasteiger charge is -2.08. The van der Waals surface area contributed by atoms with E-state index in [0.717, 1.165) is 12.3 Å². The molecule has 0 spiro atoms. The molecule has 0 aromatic rings. The van der Waals surface area contributed by atoms with Crippen molar-refractivity contribution in [1.29, 1.82) is 0 Å². The number of carbonyl (C=O) groups is 2. The van der Waals surface area contributed by atoms with Crippen LogP contribution in [0.5, 0.6) is 0 Å². The standard InChI is InChI=1S/C7H10N4O2S/c12-5-3-4(10-11-5)6(13)9-7-8-1-2-14-7/h4,10H,1-3H2,(H,11,12)(H,8,9,13). The first kappa shape index (κ1) is 9.47. The van der Waals surface area contributed by atoms with Gasteiger partial charge in [0.15, 0.2) is 5.17 Å². The number of thioether (sulfide) groups is 1. The maximum Gasteiger partial charge on any atom is 0.245 e. The molecule has 0 radical (unpaired) electrons. The van der Waals surface area contributed by atoms with Crippen molar-refractivity contribution in [3.05, 3.63) is 0 Å². The van der Waals surface area contributed by atoms with Crippen LogP contribution in [0.25, 0.3) is 0 Å². The Labute approximate surface area is 84.9 Å². The zero-order chi connectivity index (χ0) is 9.97. The first-order valence-electron chi connectivity index (χ1n) is 4.28. The highest BCUT2D eigenvalue weighted by Crippen LogP contribution is 2.09. The van der Waals surface area contributed by atoms with Gasteiger partial charge in [-0.3, -0.25) is 20.0 Å². The Kier molecular flexibility index (Phi) is 2.69. The normalized spacial score (nSPS) is 25.9. The summed E-state index contributed by atoms with van der Waals surface area (Å²) >= 11 is 1.52. The smallest absolute Gasteiger partial charge is 0.245 e. The first-order valence-corrected chi connectivity index (χ1v) is 5.27. The molecule has 0 aliphatic carbocycles. The van der Waals surface area contributed by atoms with Gasteiger partial charge in [0.05, 0.1) is 13.0 Å². The summed E-state index contributed by atoms with van der Waals surface area (Å²) in [7, 11) is 0. The third kappa shape index (κ3) is 2.05. The van der Waals surface area contributed by atoms with Gasteiger partial charge in [-0.15, -0.1) is 0 Å². The number of hydrogen-bond acceptors (Lipinski definition) is 5. The minimum atomic E-state index is -0.480. The van der Waals surface area contributed by atoms with E-state index in [1.165, 1.54) is 11.8 Å². The lowest BCUT2D eigenvalue weighted by Crippen LogP contribution is -2.44. The fourth-order valence-corrected chi connectivity index (χ4v) is 1.95. The topological polar surface area (TPSA) is 82.6 Å². The van der Waals surface area contributed by atoms with E-state index in [0.29, 0.717) is 5.17 Å². The Morgan fingerprint density at radius 3 is 3.07 bits per heavy atom. The molecule has 3 N–H and O–H groups in total. The van der Waals surface area contributed by atoms with Crippen LogP contribution in [0, 0.1) is 0 Å². The van der Waals surface area contributed by atoms with E-state index >= 15 is 0 Å². The zero-order valence-corrected chi connectivity index (χ0v) is 8.19. The molecule has 2 aliphatic heterocycles. The van der Waals surface area contributed by atoms with Gasteiger partial charge in [0.25, 0.3) is 0 Å². The number of nitrogens with zero attached hydrogens (tertiary/aromatic N) is 1. The van der Waals surface area contributed by atoms with E-state index in [9.17, 15) is 9.59 Å². The molecule has 1 unspecified atom stereocenters. The van der Waals surface area contributed by atoms with Gasteiger partial charge >= 0.3 is 0 Å². The maximum absolute atomic E-state index is 11.5. The molecular formula is C7H10N4O2S. The molecule has 2 aliphatic rings. The summed E-state index contributed by atoms with van der Waals surface area (Å²) in [5.41, 5.74) is 4.98. The van der Waals surface area contributed by atoms with Crippen molar-refractivity contribution >= 4 is 28.7 Å². The van der Waals surface area contributed by atoms with Crippen LogP contribution in [0.3, 0.4) is 0 Å². The summed E-state index contributed by atoms with van der Waals surface area (Å²) in [6, 6.07) is -0.480. The average molecular weight is 214 g/mol. The van der Waals surface area contributed by atoms with Gasteiger partial charge in [-0.25, -0.2) is 5.43 Å². The Hall–Kier alpha value is -1.08. The lowest BCUT2D eigenvalue weighted by molar-refractivity contribution is -0.123. The minimum absolute atomic E-state index is 0.161. The van der Waals surface area contributed by atoms with Gasteiger partial charge in [0.2, 0.25) is 11.8 Å². The quantitative estimate of drug-likeness (QED) is 0.501. The van der Waals surface area contributed by atoms with Crippen molar-refractivity contribution in [2.45, 2.75) is 12.5 Å². The Balaban J connectivity index is 1.86. The number of rotatable bonds is 1. The number of amides is 2. The van der Waals surface area contributed by atoms with Crippen LogP contribution >= 0.6 is 11.8 Å². The van der Waals surface area contributed by atoms with Crippen molar-refractivity contribution in [3.63, 3.8) is 0 Å². The Morgan fingerprint density at radius 1 is 1.64 bits per heavy atom. The van der Waals surface area contributed by atoms with Crippen LogP contribution in [0.4, 0.5) is 0 Å². The second-order valence-electron chi connectivity index (χ2n) is 2.97. The van der Waals surface area contributed by atoms with E-state index in [1.807, 2.05) is 0 Å². The van der Waals surface area contributed by atoms with Gasteiger partial charge in [0, 0.05) is 5.75 Å². The van der Waals surface area contributed by atoms with Gasteiger partial charge < -0.3 is 5.32 Å². The van der Waals surface area contributed by atoms with Crippen LogP contribution in [-0.2, 0) is 9.59 Å². The highest BCUT2D eigenvalue weighted by molar-refractivity contribution is 8.14. The highest BCUT2D eigenvalue weighted by atomic mass is 32.2. The van der Waals surface area contributed by atoms with Crippen LogP contribution < -0.4 is 16.2 Å². The third-order valence-corrected chi connectivity index (χ3v) is 2.80. The Morgan fingerprint density at radius 2 is 2.50 bits per heavy atom. The molecule has 1 saturated heterocycles. The molecule has 76 valence electrons. The van der Waals surface area contributed by atoms with Crippen molar-refractivity contribution < 1.29 is 9.59 Å². The minimum Gasteiger partial charge on any atom is -0.304 e. The summed E-state index contributed by atoms with van der Waals surface area (Å²) in [5, 5.41) is 3.31. The number of aliphatic imine (C=N–C) groups is 1. The fourth-order valence-electron chi connectivity index (χ4n) is 1.22. The molecule has 1 fully saturated rings. The van der Waals surface area contributed by atoms with E-state index in [2.05, 4.69) is 21.2 Å². The van der Waals surface area contributed by atoms with Gasteiger partial charge in [-0.1, -0.05) is 11.8 Å². The molecule has 2 amide bonds. The maximum atomic E-state index is 11.5. The molecule has 6 nitrogen and oxygen atoms in total. The van der Waals surface area contributed by atoms with Gasteiger partial charge in [0.1, 0.15) is 6.04 Å². The molecule has 0 aromatic heterocycles. The molecule has 0 saturated carbocycles. The second kappa shape index (κ2) is 3.97. The zero-order valence-electron chi connectivity index (χ0n) is 7.37. The van der Waals surface area contributed by atoms with Crippen LogP contribution in [0.1, 0.15) is 6.42 Å². The first-order chi connectivity index (χ1) is 6.75. The average Bonchev–Trinajstić information content (AvgIpc) is 2.75. The van der Waals surface area contributed by atoms with Crippen LogP contribution in [0.2, 0.25) is 0 Å². The van der Waals surface area contributed by atoms with Crippen molar-refractivity contribution in [3.8, 4) is 0 Å². The summed E-state index contributed by atoms with van der Waals surface area (Å²) in [4.78, 5) is 26.4. The van der Waals surface area contributed by atoms with Crippen LogP contribution in [0.15, 0.2) is 4.99 Å². The van der Waals surface area contributed by atoms with Crippen molar-refractivity contribution in [2.24, 2.45) is 4.99 Å². The SMILES string of the molecule is O=C1CC(C(=O)NC2=NCCS2)NN1. The van der Waals surface area contributed by atoms with Gasteiger partial charge in [-0.2, -0.15) is 0 Å². The number of carbonyl (C=O) groups excluding carboxylic acids is 2. The summed E-state index contributed by atoms with van der Waals surface area (Å²) in [5.74, 6) is 0.535. The predicted molar refractivity (Wildman–Crippen MR) is 52.6 cm³/mol. The predicted octanol–water partition coefficient (Wildman–Crippen LogP) is -1.40. The number of hydrogen-bond donors (Lipinski definition) is 3. The Bertz CT molecular complexity index is 304. The second-order valence-corrected chi connectivity index (χ2v) is 4.06. The van der Waals surface area contributed by atoms with E-state index < -0.39 is 6.04 Å². The molecule has 2 heterocycles. The molecule has 0 aromatic carbocycles. The van der Waals surface area contributed by atoms with Crippen molar-refractivity contribution in [2.75, 3.05) is 12.3 Å². The van der Waals surface area contributed by atoms with Gasteiger partial charge in [-0.05, 0) is 0 Å². The molecule has 14 heavy (non-hydrogen) atoms. The highest BCUT2D eigenvalue weighted by Gasteiger charge is 2.28. The number of hydrazine groups is 1. The monoisotopic (exact) mass is 214 g/mol. The summed E-state index contributed by atoms with van der Waals surface area (Å²) in [6.07, 6.45) is 0.184. The number of nitrogens with one attached hydrogen (secondary N) is 3. The van der Waals surface area contributed by atoms with Crippen LogP contribution in [-0.4, -0.2) is 35.3 Å². The summed E-state index contributed by atoms with van der Waals surface area (Å²) < 4.78 is 0. The fraction of sp³-hybridized carbons (Fsp3) is 0.571. The molecule has 0 bridgehead atoms. The van der Waals surface area contributed by atoms with E-state index in [1.54, 1.807) is 0 Å². The summed E-state index contributed by atoms with van der Waals surface area (Å²) in [6.45, 7) is 0.746. The lowest BCUT2D eigenvalue weighted by atomic mass is 10.2. The molecule has 2 rings (SSSR count). The largest absolute Gasteiger partial charge is 0.304 e. The number of amidine groups is 1. The van der Waals surface area contributed by atoms with E-state index in [4.69, 9.17) is 0 Å². The van der Waals surface area contributed by atoms with Crippen molar-refractivity contribution in [1.82, 2.24) is 16.2 Å².